The van der Waals surface area contributed by atoms with Crippen molar-refractivity contribution in [1.29, 1.82) is 5.26 Å². The van der Waals surface area contributed by atoms with Crippen LogP contribution in [-0.4, -0.2) is 64.2 Å². The Balaban J connectivity index is 1.45. The molecule has 1 aromatic carbocycles. The fourth-order valence-corrected chi connectivity index (χ4v) is 7.14. The zero-order valence-corrected chi connectivity index (χ0v) is 25.4. The highest BCUT2D eigenvalue weighted by molar-refractivity contribution is 7.23. The van der Waals surface area contributed by atoms with Crippen molar-refractivity contribution in [2.45, 2.75) is 31.8 Å². The summed E-state index contributed by atoms with van der Waals surface area (Å²) in [4.78, 5) is 22.3. The number of nitriles is 1. The fraction of sp³-hybridized carbons (Fsp3) is 0.323. The topological polar surface area (TPSA) is 152 Å². The Kier molecular flexibility index (Phi) is 7.22. The number of aromatic nitrogens is 4. The summed E-state index contributed by atoms with van der Waals surface area (Å²) in [5.41, 5.74) is 13.1. The number of hydrogen-bond acceptors (Lipinski definition) is 12. The third-order valence-corrected chi connectivity index (χ3v) is 9.63. The Bertz CT molecular complexity index is 2010. The number of likely N-dealkylation sites (tertiary alicyclic amines) is 1. The van der Waals surface area contributed by atoms with Crippen molar-refractivity contribution < 1.29 is 18.3 Å². The van der Waals surface area contributed by atoms with Gasteiger partial charge in [-0.05, 0) is 51.6 Å². The van der Waals surface area contributed by atoms with E-state index in [1.807, 2.05) is 31.0 Å². The first kappa shape index (κ1) is 28.9. The van der Waals surface area contributed by atoms with E-state index in [-0.39, 0.29) is 73.4 Å². The molecule has 14 heteroatoms. The van der Waals surface area contributed by atoms with Crippen LogP contribution in [0.25, 0.3) is 32.2 Å². The number of rotatable bonds is 6. The normalized spacial score (nSPS) is 17.3. The van der Waals surface area contributed by atoms with Gasteiger partial charge in [0.05, 0.1) is 22.8 Å². The van der Waals surface area contributed by atoms with E-state index in [2.05, 4.69) is 19.9 Å². The molecule has 0 saturated carbocycles. The van der Waals surface area contributed by atoms with Gasteiger partial charge in [-0.25, -0.2) is 18.7 Å². The Morgan fingerprint density at radius 2 is 2.02 bits per heavy atom. The number of thiophene rings is 1. The highest BCUT2D eigenvalue weighted by Gasteiger charge is 2.32. The molecule has 0 bridgehead atoms. The second kappa shape index (κ2) is 11.2. The van der Waals surface area contributed by atoms with Gasteiger partial charge in [-0.3, -0.25) is 0 Å². The number of nitrogen functional groups attached to an aromatic ring is 2. The van der Waals surface area contributed by atoms with Gasteiger partial charge in [-0.15, -0.1) is 11.3 Å². The molecule has 230 valence electrons. The van der Waals surface area contributed by atoms with E-state index in [1.54, 1.807) is 12.3 Å². The van der Waals surface area contributed by atoms with Gasteiger partial charge >= 0.3 is 6.01 Å². The second-order valence-electron chi connectivity index (χ2n) is 11.2. The van der Waals surface area contributed by atoms with Gasteiger partial charge in [0.25, 0.3) is 0 Å². The maximum absolute atomic E-state index is 16.9. The lowest BCUT2D eigenvalue weighted by Crippen LogP contribution is -2.32. The average Bonchev–Trinajstić information content (AvgIpc) is 3.55. The first-order valence-electron chi connectivity index (χ1n) is 14.5. The minimum absolute atomic E-state index is 0.000182. The van der Waals surface area contributed by atoms with Crippen molar-refractivity contribution >= 4 is 49.0 Å². The zero-order chi connectivity index (χ0) is 31.4. The van der Waals surface area contributed by atoms with Crippen molar-refractivity contribution in [3.05, 3.63) is 53.2 Å². The molecule has 0 amide bonds. The van der Waals surface area contributed by atoms with Gasteiger partial charge in [0, 0.05) is 28.8 Å². The maximum Gasteiger partial charge on any atom is 0.319 e. The first-order valence-corrected chi connectivity index (χ1v) is 15.3. The molecule has 7 rings (SSSR count). The summed E-state index contributed by atoms with van der Waals surface area (Å²) in [5, 5.41) is 10.4. The van der Waals surface area contributed by atoms with Gasteiger partial charge in [-0.2, -0.15) is 15.2 Å². The second-order valence-corrected chi connectivity index (χ2v) is 12.2. The van der Waals surface area contributed by atoms with Crippen LogP contribution in [0.4, 0.5) is 25.4 Å². The highest BCUT2D eigenvalue weighted by atomic mass is 32.1. The number of pyridine rings is 2. The SMILES string of the molecule is CC(c1cccnc1N)N1CCOc2nc(-c3ccc(F)c4sc(N)c(C#N)c34)c(F)c3nc(OCC4CCCN4C)nc1c23. The molecule has 1 fully saturated rings. The van der Waals surface area contributed by atoms with Gasteiger partial charge in [0.2, 0.25) is 5.88 Å². The number of halogens is 2. The molecule has 4 N–H and O–H groups in total. The molecule has 6 heterocycles. The minimum Gasteiger partial charge on any atom is -0.475 e. The van der Waals surface area contributed by atoms with Crippen LogP contribution >= 0.6 is 11.3 Å². The Morgan fingerprint density at radius 3 is 2.78 bits per heavy atom. The van der Waals surface area contributed by atoms with E-state index < -0.39 is 11.6 Å². The highest BCUT2D eigenvalue weighted by Crippen LogP contribution is 2.45. The van der Waals surface area contributed by atoms with Gasteiger partial charge in [-0.1, -0.05) is 6.07 Å². The molecule has 2 atom stereocenters. The average molecular weight is 630 g/mol. The van der Waals surface area contributed by atoms with Crippen molar-refractivity contribution in [3.8, 4) is 29.2 Å². The number of hydrogen-bond donors (Lipinski definition) is 2. The standard InChI is InChI=1S/C31H29F2N9O2S/c1-15(17-6-3-9-37-27(17)35)42-11-12-43-30-22-25(39-31(40-29(22)42)44-14-16-5-4-10-41(16)2)23(33)24(38-30)18-7-8-20(32)26-21(18)19(13-34)28(36)45-26/h3,6-9,15-16H,4-5,10-12,14,36H2,1-2H3,(H2,35,37). The number of likely N-dealkylation sites (N-methyl/N-ethyl adjacent to an activating group) is 1. The van der Waals surface area contributed by atoms with E-state index in [9.17, 15) is 9.65 Å². The van der Waals surface area contributed by atoms with Crippen LogP contribution in [-0.2, 0) is 0 Å². The van der Waals surface area contributed by atoms with Crippen LogP contribution in [0, 0.1) is 23.0 Å². The first-order chi connectivity index (χ1) is 21.8. The summed E-state index contributed by atoms with van der Waals surface area (Å²) in [5.74, 6) is -0.520. The number of nitrogens with zero attached hydrogens (tertiary/aromatic N) is 7. The largest absolute Gasteiger partial charge is 0.475 e. The number of fused-ring (bicyclic) bond motifs is 1. The molecule has 11 nitrogen and oxygen atoms in total. The fourth-order valence-electron chi connectivity index (χ4n) is 6.19. The van der Waals surface area contributed by atoms with Crippen LogP contribution in [0.2, 0.25) is 0 Å². The summed E-state index contributed by atoms with van der Waals surface area (Å²) < 4.78 is 44.1. The van der Waals surface area contributed by atoms with Crippen LogP contribution in [0.3, 0.4) is 0 Å². The smallest absolute Gasteiger partial charge is 0.319 e. The lowest BCUT2D eigenvalue weighted by molar-refractivity contribution is 0.188. The van der Waals surface area contributed by atoms with E-state index in [4.69, 9.17) is 25.9 Å². The monoisotopic (exact) mass is 629 g/mol. The Labute approximate surface area is 261 Å². The lowest BCUT2D eigenvalue weighted by Gasteiger charge is -2.30. The number of anilines is 3. The van der Waals surface area contributed by atoms with E-state index >= 15 is 4.39 Å². The summed E-state index contributed by atoms with van der Waals surface area (Å²) >= 11 is 0.926. The summed E-state index contributed by atoms with van der Waals surface area (Å²) in [7, 11) is 2.04. The predicted octanol–water partition coefficient (Wildman–Crippen LogP) is 5.05. The van der Waals surface area contributed by atoms with Gasteiger partial charge in [0.1, 0.15) is 58.3 Å². The van der Waals surface area contributed by atoms with Crippen LogP contribution in [0.1, 0.15) is 36.9 Å². The van der Waals surface area contributed by atoms with Crippen molar-refractivity contribution in [1.82, 2.24) is 24.8 Å². The van der Waals surface area contributed by atoms with Gasteiger partial charge in [0.15, 0.2) is 5.82 Å². The third-order valence-electron chi connectivity index (χ3n) is 8.61. The van der Waals surface area contributed by atoms with Crippen LogP contribution in [0.5, 0.6) is 11.9 Å². The predicted molar refractivity (Wildman–Crippen MR) is 168 cm³/mol. The van der Waals surface area contributed by atoms with Crippen molar-refractivity contribution in [3.63, 3.8) is 0 Å². The summed E-state index contributed by atoms with van der Waals surface area (Å²) in [6, 6.07) is 8.16. The minimum atomic E-state index is -0.791. The van der Waals surface area contributed by atoms with Crippen molar-refractivity contribution in [2.24, 2.45) is 0 Å². The van der Waals surface area contributed by atoms with Gasteiger partial charge < -0.3 is 30.7 Å². The van der Waals surface area contributed by atoms with Crippen molar-refractivity contribution in [2.75, 3.05) is 49.7 Å². The van der Waals surface area contributed by atoms with E-state index in [0.29, 0.717) is 24.8 Å². The van der Waals surface area contributed by atoms with Crippen LogP contribution in [0.15, 0.2) is 30.5 Å². The number of benzene rings is 1. The molecular weight excluding hydrogens is 600 g/mol. The molecular formula is C31H29F2N9O2S. The molecule has 45 heavy (non-hydrogen) atoms. The molecule has 5 aromatic rings. The van der Waals surface area contributed by atoms with E-state index in [1.165, 1.54) is 12.1 Å². The van der Waals surface area contributed by atoms with E-state index in [0.717, 1.165) is 36.3 Å². The maximum atomic E-state index is 16.9. The zero-order valence-electron chi connectivity index (χ0n) is 24.5. The molecule has 0 radical (unpaired) electrons. The molecule has 2 aliphatic rings. The molecule has 1 saturated heterocycles. The Morgan fingerprint density at radius 1 is 1.18 bits per heavy atom. The number of ether oxygens (including phenoxy) is 2. The quantitative estimate of drug-likeness (QED) is 0.260. The molecule has 4 aromatic heterocycles. The molecule has 2 unspecified atom stereocenters. The summed E-state index contributed by atoms with van der Waals surface area (Å²) in [6.45, 7) is 3.79. The third kappa shape index (κ3) is 4.79. The molecule has 0 spiro atoms. The lowest BCUT2D eigenvalue weighted by atomic mass is 10.0. The summed E-state index contributed by atoms with van der Waals surface area (Å²) in [6.07, 6.45) is 3.64. The molecule has 2 aliphatic heterocycles. The number of nitrogens with two attached hydrogens (primary N) is 2. The Hall–Kier alpha value is -4.87. The molecule has 0 aliphatic carbocycles. The van der Waals surface area contributed by atoms with Crippen LogP contribution < -0.4 is 25.8 Å².